The molecule has 3 aromatic heterocycles. The average Bonchev–Trinajstić information content (AvgIpc) is 3.28. The number of rotatable bonds is 3. The molecule has 1 atom stereocenters. The van der Waals surface area contributed by atoms with Gasteiger partial charge in [0.05, 0.1) is 17.8 Å². The summed E-state index contributed by atoms with van der Waals surface area (Å²) in [5.74, 6) is 1.16. The predicted octanol–water partition coefficient (Wildman–Crippen LogP) is 1.11. The van der Waals surface area contributed by atoms with E-state index in [4.69, 9.17) is 4.52 Å². The van der Waals surface area contributed by atoms with Gasteiger partial charge < -0.3 is 9.42 Å². The highest BCUT2D eigenvalue weighted by molar-refractivity contribution is 5.94. The molecule has 1 fully saturated rings. The van der Waals surface area contributed by atoms with Crippen LogP contribution < -0.4 is 4.90 Å². The van der Waals surface area contributed by atoms with E-state index in [1.807, 2.05) is 26.4 Å². The fourth-order valence-corrected chi connectivity index (χ4v) is 2.94. The van der Waals surface area contributed by atoms with Crippen molar-refractivity contribution in [3.63, 3.8) is 0 Å². The van der Waals surface area contributed by atoms with Crippen LogP contribution in [-0.2, 0) is 18.9 Å². The maximum Gasteiger partial charge on any atom is 0.231 e. The largest absolute Gasteiger partial charge is 0.339 e. The Morgan fingerprint density at radius 3 is 2.88 bits per heavy atom. The summed E-state index contributed by atoms with van der Waals surface area (Å²) in [6.07, 6.45) is 6.35. The lowest BCUT2D eigenvalue weighted by molar-refractivity contribution is -0.119. The molecule has 0 bridgehead atoms. The SMILES string of the molecule is Cn1cc(N2CC(c3nc(-c4ccnn4C)no3)CCC2=O)cn1. The Morgan fingerprint density at radius 1 is 1.29 bits per heavy atom. The molecule has 9 nitrogen and oxygen atoms in total. The van der Waals surface area contributed by atoms with Crippen molar-refractivity contribution in [1.82, 2.24) is 29.7 Å². The molecule has 0 spiro atoms. The summed E-state index contributed by atoms with van der Waals surface area (Å²) in [5, 5.41) is 12.3. The third-order valence-corrected chi connectivity index (χ3v) is 4.25. The van der Waals surface area contributed by atoms with Crippen LogP contribution in [0.15, 0.2) is 29.2 Å². The first-order valence-corrected chi connectivity index (χ1v) is 7.73. The molecule has 1 aliphatic heterocycles. The van der Waals surface area contributed by atoms with Crippen LogP contribution in [0.3, 0.4) is 0 Å². The summed E-state index contributed by atoms with van der Waals surface area (Å²) in [6.45, 7) is 0.511. The number of carbonyl (C=O) groups is 1. The van der Waals surface area contributed by atoms with Crippen LogP contribution in [0.25, 0.3) is 11.5 Å². The van der Waals surface area contributed by atoms with Crippen LogP contribution in [0.4, 0.5) is 5.69 Å². The standard InChI is InChI=1S/C15H17N7O2/c1-20-9-11(7-17-20)22-8-10(3-4-13(22)23)15-18-14(19-24-15)12-5-6-16-21(12)2/h5-7,9-10H,3-4,8H2,1-2H3. The topological polar surface area (TPSA) is 94.9 Å². The van der Waals surface area contributed by atoms with Crippen LogP contribution in [0.5, 0.6) is 0 Å². The minimum Gasteiger partial charge on any atom is -0.339 e. The van der Waals surface area contributed by atoms with Crippen molar-refractivity contribution in [1.29, 1.82) is 0 Å². The minimum absolute atomic E-state index is 0.0115. The Hall–Kier alpha value is -2.97. The normalized spacial score (nSPS) is 18.3. The summed E-state index contributed by atoms with van der Waals surface area (Å²) in [7, 11) is 3.66. The van der Waals surface area contributed by atoms with Gasteiger partial charge >= 0.3 is 0 Å². The Bertz CT molecular complexity index is 878. The van der Waals surface area contributed by atoms with Gasteiger partial charge in [0.15, 0.2) is 0 Å². The Kier molecular flexibility index (Phi) is 3.40. The number of aromatic nitrogens is 6. The van der Waals surface area contributed by atoms with Crippen molar-refractivity contribution < 1.29 is 9.32 Å². The average molecular weight is 327 g/mol. The fraction of sp³-hybridized carbons (Fsp3) is 0.400. The second-order valence-corrected chi connectivity index (χ2v) is 5.91. The van der Waals surface area contributed by atoms with Crippen LogP contribution in [0.1, 0.15) is 24.7 Å². The molecule has 1 saturated heterocycles. The van der Waals surface area contributed by atoms with Gasteiger partial charge in [0.2, 0.25) is 17.6 Å². The predicted molar refractivity (Wildman–Crippen MR) is 84.0 cm³/mol. The summed E-state index contributed by atoms with van der Waals surface area (Å²) >= 11 is 0. The smallest absolute Gasteiger partial charge is 0.231 e. The molecule has 1 aliphatic rings. The van der Waals surface area contributed by atoms with Gasteiger partial charge in [-0.15, -0.1) is 0 Å². The van der Waals surface area contributed by atoms with E-state index >= 15 is 0 Å². The Morgan fingerprint density at radius 2 is 2.17 bits per heavy atom. The van der Waals surface area contributed by atoms with Gasteiger partial charge in [-0.25, -0.2) is 0 Å². The van der Waals surface area contributed by atoms with Crippen molar-refractivity contribution in [2.45, 2.75) is 18.8 Å². The van der Waals surface area contributed by atoms with E-state index in [0.717, 1.165) is 11.4 Å². The molecule has 0 saturated carbocycles. The molecule has 0 aliphatic carbocycles. The maximum atomic E-state index is 12.2. The zero-order chi connectivity index (χ0) is 16.7. The third kappa shape index (κ3) is 2.47. The molecule has 4 rings (SSSR count). The molecule has 0 radical (unpaired) electrons. The van der Waals surface area contributed by atoms with Gasteiger partial charge in [-0.3, -0.25) is 14.2 Å². The quantitative estimate of drug-likeness (QED) is 0.715. The third-order valence-electron chi connectivity index (χ3n) is 4.25. The minimum atomic E-state index is 0.0115. The van der Waals surface area contributed by atoms with Crippen molar-refractivity contribution in [3.05, 3.63) is 30.5 Å². The summed E-state index contributed by atoms with van der Waals surface area (Å²) in [4.78, 5) is 18.5. The second-order valence-electron chi connectivity index (χ2n) is 5.91. The summed E-state index contributed by atoms with van der Waals surface area (Å²) in [6, 6.07) is 1.83. The molecule has 24 heavy (non-hydrogen) atoms. The molecular formula is C15H17N7O2. The van der Waals surface area contributed by atoms with E-state index in [-0.39, 0.29) is 11.8 Å². The first-order chi connectivity index (χ1) is 11.6. The number of aryl methyl sites for hydroxylation is 2. The van der Waals surface area contributed by atoms with Crippen LogP contribution in [0, 0.1) is 0 Å². The Balaban J connectivity index is 1.57. The van der Waals surface area contributed by atoms with E-state index in [1.54, 1.807) is 26.7 Å². The number of nitrogens with zero attached hydrogens (tertiary/aromatic N) is 7. The highest BCUT2D eigenvalue weighted by Crippen LogP contribution is 2.30. The monoisotopic (exact) mass is 327 g/mol. The van der Waals surface area contributed by atoms with E-state index < -0.39 is 0 Å². The molecule has 1 amide bonds. The van der Waals surface area contributed by atoms with Crippen molar-refractivity contribution >= 4 is 11.6 Å². The van der Waals surface area contributed by atoms with Crippen molar-refractivity contribution in [3.8, 4) is 11.5 Å². The Labute approximate surface area is 137 Å². The molecule has 124 valence electrons. The van der Waals surface area contributed by atoms with Gasteiger partial charge in [-0.05, 0) is 12.5 Å². The maximum absolute atomic E-state index is 12.2. The van der Waals surface area contributed by atoms with Gasteiger partial charge in [0.25, 0.3) is 0 Å². The second kappa shape index (κ2) is 5.59. The molecular weight excluding hydrogens is 310 g/mol. The van der Waals surface area contributed by atoms with E-state index in [9.17, 15) is 4.79 Å². The van der Waals surface area contributed by atoms with Gasteiger partial charge in [-0.2, -0.15) is 15.2 Å². The first-order valence-electron chi connectivity index (χ1n) is 7.73. The van der Waals surface area contributed by atoms with E-state index in [1.165, 1.54) is 0 Å². The highest BCUT2D eigenvalue weighted by atomic mass is 16.5. The van der Waals surface area contributed by atoms with E-state index in [0.29, 0.717) is 31.1 Å². The molecule has 0 aromatic carbocycles. The first kappa shape index (κ1) is 14.6. The van der Waals surface area contributed by atoms with E-state index in [2.05, 4.69) is 20.3 Å². The van der Waals surface area contributed by atoms with Crippen LogP contribution in [-0.4, -0.2) is 42.2 Å². The van der Waals surface area contributed by atoms with Crippen molar-refractivity contribution in [2.24, 2.45) is 14.1 Å². The van der Waals surface area contributed by atoms with Gasteiger partial charge in [0, 0.05) is 39.5 Å². The van der Waals surface area contributed by atoms with Gasteiger partial charge in [-0.1, -0.05) is 5.16 Å². The number of carbonyl (C=O) groups excluding carboxylic acids is 1. The molecule has 3 aromatic rings. The fourth-order valence-electron chi connectivity index (χ4n) is 2.94. The number of amides is 1. The molecule has 9 heteroatoms. The number of piperidine rings is 1. The summed E-state index contributed by atoms with van der Waals surface area (Å²) in [5.41, 5.74) is 1.58. The molecule has 1 unspecified atom stereocenters. The molecule has 4 heterocycles. The highest BCUT2D eigenvalue weighted by Gasteiger charge is 2.32. The van der Waals surface area contributed by atoms with Crippen molar-refractivity contribution in [2.75, 3.05) is 11.4 Å². The lowest BCUT2D eigenvalue weighted by Gasteiger charge is -2.29. The molecule has 0 N–H and O–H groups in total. The number of hydrogen-bond acceptors (Lipinski definition) is 6. The number of anilines is 1. The zero-order valence-corrected chi connectivity index (χ0v) is 13.5. The number of hydrogen-bond donors (Lipinski definition) is 0. The lowest BCUT2D eigenvalue weighted by atomic mass is 9.97. The zero-order valence-electron chi connectivity index (χ0n) is 13.5. The van der Waals surface area contributed by atoms with Gasteiger partial charge in [0.1, 0.15) is 5.69 Å². The van der Waals surface area contributed by atoms with Crippen LogP contribution in [0.2, 0.25) is 0 Å². The lowest BCUT2D eigenvalue weighted by Crippen LogP contribution is -2.39. The summed E-state index contributed by atoms with van der Waals surface area (Å²) < 4.78 is 8.82. The van der Waals surface area contributed by atoms with Crippen LogP contribution >= 0.6 is 0 Å².